The Labute approximate surface area is 253 Å². The fourth-order valence-corrected chi connectivity index (χ4v) is 5.28. The van der Waals surface area contributed by atoms with Gasteiger partial charge in [0.2, 0.25) is 5.91 Å². The Balaban J connectivity index is 1.63. The molecule has 0 aliphatic carbocycles. The average Bonchev–Trinajstić information content (AvgIpc) is 3.40. The van der Waals surface area contributed by atoms with Crippen LogP contribution in [0.15, 0.2) is 91.0 Å². The molecular weight excluding hydrogens is 560 g/mol. The van der Waals surface area contributed by atoms with E-state index < -0.39 is 29.9 Å². The topological polar surface area (TPSA) is 131 Å². The summed E-state index contributed by atoms with van der Waals surface area (Å²) in [5, 5.41) is 14.3. The first-order chi connectivity index (χ1) is 21.2. The number of imide groups is 1. The van der Waals surface area contributed by atoms with Gasteiger partial charge in [-0.25, -0.2) is 14.7 Å². The molecule has 0 spiro atoms. The van der Waals surface area contributed by atoms with E-state index in [1.807, 2.05) is 77.4 Å². The monoisotopic (exact) mass is 592 g/mol. The van der Waals surface area contributed by atoms with Crippen LogP contribution >= 0.6 is 0 Å². The number of hydrogen-bond donors (Lipinski definition) is 2. The summed E-state index contributed by atoms with van der Waals surface area (Å²) in [6, 6.07) is 28.1. The first-order valence-corrected chi connectivity index (χ1v) is 14.1. The van der Waals surface area contributed by atoms with Gasteiger partial charge in [0, 0.05) is 32.0 Å². The quantitative estimate of drug-likeness (QED) is 0.224. The Hall–Kier alpha value is -5.51. The van der Waals surface area contributed by atoms with Crippen LogP contribution in [0.4, 0.5) is 4.79 Å². The van der Waals surface area contributed by atoms with E-state index in [4.69, 9.17) is 9.72 Å². The number of amides is 3. The highest BCUT2D eigenvalue weighted by Gasteiger charge is 2.26. The minimum absolute atomic E-state index is 0.182. The van der Waals surface area contributed by atoms with Crippen molar-refractivity contribution in [3.63, 3.8) is 0 Å². The van der Waals surface area contributed by atoms with Crippen LogP contribution < -0.4 is 5.32 Å². The third kappa shape index (κ3) is 6.59. The first kappa shape index (κ1) is 30.0. The summed E-state index contributed by atoms with van der Waals surface area (Å²) in [6.07, 6.45) is -0.884. The maximum atomic E-state index is 13.1. The number of carboxylic acids is 1. The lowest BCUT2D eigenvalue weighted by Crippen LogP contribution is -2.32. The van der Waals surface area contributed by atoms with Crippen LogP contribution in [0.1, 0.15) is 46.2 Å². The molecule has 0 aliphatic rings. The molecular formula is C34H32N4O6. The van der Waals surface area contributed by atoms with E-state index in [0.717, 1.165) is 32.3 Å². The van der Waals surface area contributed by atoms with E-state index >= 15 is 0 Å². The normalized spacial score (nSPS) is 11.7. The van der Waals surface area contributed by atoms with Crippen LogP contribution in [0.3, 0.4) is 0 Å². The van der Waals surface area contributed by atoms with E-state index in [9.17, 15) is 24.3 Å². The average molecular weight is 593 g/mol. The molecule has 10 heteroatoms. The summed E-state index contributed by atoms with van der Waals surface area (Å²) >= 11 is 0. The van der Waals surface area contributed by atoms with Crippen molar-refractivity contribution in [1.82, 2.24) is 19.8 Å². The molecule has 2 N–H and O–H groups in total. The van der Waals surface area contributed by atoms with Gasteiger partial charge in [-0.3, -0.25) is 14.4 Å². The number of ether oxygens (including phenoxy) is 1. The molecule has 1 atom stereocenters. The number of benzene rings is 4. The fraction of sp³-hybridized carbons (Fsp3) is 0.206. The van der Waals surface area contributed by atoms with Gasteiger partial charge >= 0.3 is 12.1 Å². The predicted octanol–water partition coefficient (Wildman–Crippen LogP) is 5.34. The molecule has 10 nitrogen and oxygen atoms in total. The van der Waals surface area contributed by atoms with Gasteiger partial charge in [-0.1, -0.05) is 72.8 Å². The highest BCUT2D eigenvalue weighted by molar-refractivity contribution is 6.04. The lowest BCUT2D eigenvalue weighted by molar-refractivity contribution is -0.138. The molecule has 0 bridgehead atoms. The molecule has 0 radical (unpaired) electrons. The number of rotatable bonds is 10. The van der Waals surface area contributed by atoms with Crippen LogP contribution in [0.2, 0.25) is 0 Å². The number of nitrogens with one attached hydrogen (secondary N) is 1. The summed E-state index contributed by atoms with van der Waals surface area (Å²) in [6.45, 7) is 0.430. The van der Waals surface area contributed by atoms with Crippen molar-refractivity contribution in [3.8, 4) is 0 Å². The molecule has 4 aromatic carbocycles. The number of carbonyl (C=O) groups excluding carboxylic acids is 3. The van der Waals surface area contributed by atoms with Gasteiger partial charge < -0.3 is 19.7 Å². The molecule has 5 rings (SSSR count). The zero-order valence-corrected chi connectivity index (χ0v) is 24.4. The molecule has 0 fully saturated rings. The summed E-state index contributed by atoms with van der Waals surface area (Å²) < 4.78 is 6.69. The van der Waals surface area contributed by atoms with E-state index in [-0.39, 0.29) is 18.4 Å². The number of nitrogens with zero attached hydrogens (tertiary/aromatic N) is 3. The fourth-order valence-electron chi connectivity index (χ4n) is 5.28. The van der Waals surface area contributed by atoms with E-state index in [2.05, 4.69) is 5.32 Å². The second-order valence-corrected chi connectivity index (χ2v) is 10.4. The van der Waals surface area contributed by atoms with Crippen molar-refractivity contribution >= 4 is 45.7 Å². The van der Waals surface area contributed by atoms with Gasteiger partial charge in [0.1, 0.15) is 5.82 Å². The number of carbonyl (C=O) groups is 4. The predicted molar refractivity (Wildman–Crippen MR) is 165 cm³/mol. The number of methoxy groups -OCH3 is 1. The van der Waals surface area contributed by atoms with E-state index in [0.29, 0.717) is 24.3 Å². The summed E-state index contributed by atoms with van der Waals surface area (Å²) in [7, 11) is 2.54. The minimum atomic E-state index is -1.06. The molecule has 0 aliphatic heterocycles. The molecule has 1 unspecified atom stereocenters. The molecule has 1 aromatic heterocycles. The first-order valence-electron chi connectivity index (χ1n) is 14.1. The van der Waals surface area contributed by atoms with E-state index in [1.54, 1.807) is 18.2 Å². The van der Waals surface area contributed by atoms with Gasteiger partial charge in [0.15, 0.2) is 0 Å². The van der Waals surface area contributed by atoms with Crippen molar-refractivity contribution in [1.29, 1.82) is 0 Å². The number of imidazole rings is 1. The Morgan fingerprint density at radius 2 is 1.66 bits per heavy atom. The standard InChI is InChI=1S/C34H32N4O6/c1-37(34(43)44-2)33(42)25-15-16-29-27(20-25)36-32(38(29)21-22-9-4-3-5-10-22)28(35-30(39)17-18-31(40)41)19-24-13-8-12-23-11-6-7-14-26(23)24/h3-16,20,28H,17-19,21H2,1-2H3,(H,35,39)(H,40,41). The second kappa shape index (κ2) is 13.2. The Bertz CT molecular complexity index is 1840. The summed E-state index contributed by atoms with van der Waals surface area (Å²) in [5.74, 6) is -1.47. The van der Waals surface area contributed by atoms with Crippen molar-refractivity contribution in [2.75, 3.05) is 14.2 Å². The Morgan fingerprint density at radius 3 is 2.41 bits per heavy atom. The summed E-state index contributed by atoms with van der Waals surface area (Å²) in [4.78, 5) is 55.1. The van der Waals surface area contributed by atoms with Crippen LogP contribution in [0, 0.1) is 0 Å². The second-order valence-electron chi connectivity index (χ2n) is 10.4. The van der Waals surface area contributed by atoms with Gasteiger partial charge in [-0.2, -0.15) is 0 Å². The highest BCUT2D eigenvalue weighted by Crippen LogP contribution is 2.29. The van der Waals surface area contributed by atoms with Crippen LogP contribution in [0.5, 0.6) is 0 Å². The van der Waals surface area contributed by atoms with Crippen molar-refractivity contribution in [3.05, 3.63) is 114 Å². The number of carboxylic acid groups (broad SMARTS) is 1. The zero-order chi connectivity index (χ0) is 31.2. The molecule has 1 heterocycles. The van der Waals surface area contributed by atoms with Crippen LogP contribution in [-0.4, -0.2) is 57.6 Å². The number of fused-ring (bicyclic) bond motifs is 2. The van der Waals surface area contributed by atoms with Gasteiger partial charge in [0.05, 0.1) is 30.6 Å². The molecule has 44 heavy (non-hydrogen) atoms. The smallest absolute Gasteiger partial charge is 0.416 e. The number of aliphatic carboxylic acids is 1. The van der Waals surface area contributed by atoms with Crippen molar-refractivity contribution in [2.45, 2.75) is 31.8 Å². The molecule has 224 valence electrons. The SMILES string of the molecule is COC(=O)N(C)C(=O)c1ccc2c(c1)nc(C(Cc1cccc3ccccc13)NC(=O)CCC(=O)O)n2Cc1ccccc1. The maximum Gasteiger partial charge on any atom is 0.416 e. The molecule has 0 saturated heterocycles. The largest absolute Gasteiger partial charge is 0.481 e. The van der Waals surface area contributed by atoms with Gasteiger partial charge in [0.25, 0.3) is 5.91 Å². The van der Waals surface area contributed by atoms with Crippen molar-refractivity contribution < 1.29 is 29.0 Å². The van der Waals surface area contributed by atoms with Crippen LogP contribution in [0.25, 0.3) is 21.8 Å². The molecule has 0 saturated carbocycles. The Morgan fingerprint density at radius 1 is 0.932 bits per heavy atom. The number of aromatic nitrogens is 2. The van der Waals surface area contributed by atoms with Crippen LogP contribution in [-0.2, 0) is 27.3 Å². The third-order valence-corrected chi connectivity index (χ3v) is 7.48. The minimum Gasteiger partial charge on any atom is -0.481 e. The summed E-state index contributed by atoms with van der Waals surface area (Å²) in [5.41, 5.74) is 3.46. The van der Waals surface area contributed by atoms with Gasteiger partial charge in [-0.15, -0.1) is 0 Å². The third-order valence-electron chi connectivity index (χ3n) is 7.48. The molecule has 3 amide bonds. The van der Waals surface area contributed by atoms with Gasteiger partial charge in [-0.05, 0) is 40.1 Å². The van der Waals surface area contributed by atoms with E-state index in [1.165, 1.54) is 14.2 Å². The Kier molecular flexibility index (Phi) is 8.99. The maximum absolute atomic E-state index is 13.1. The highest BCUT2D eigenvalue weighted by atomic mass is 16.5. The lowest BCUT2D eigenvalue weighted by Gasteiger charge is -2.21. The molecule has 5 aromatic rings. The number of hydrogen-bond acceptors (Lipinski definition) is 6. The zero-order valence-electron chi connectivity index (χ0n) is 24.4. The lowest BCUT2D eigenvalue weighted by atomic mass is 9.98. The van der Waals surface area contributed by atoms with Crippen molar-refractivity contribution in [2.24, 2.45) is 0 Å².